The number of rotatable bonds is 5. The van der Waals surface area contributed by atoms with Gasteiger partial charge in [0.2, 0.25) is 0 Å². The van der Waals surface area contributed by atoms with E-state index in [2.05, 4.69) is 26.8 Å². The normalized spacial score (nSPS) is 12.4. The van der Waals surface area contributed by atoms with Crippen LogP contribution in [0.1, 0.15) is 38.3 Å². The van der Waals surface area contributed by atoms with Gasteiger partial charge < -0.3 is 4.74 Å². The fourth-order valence-corrected chi connectivity index (χ4v) is 1.72. The molecule has 0 bridgehead atoms. The van der Waals surface area contributed by atoms with Crippen LogP contribution in [0.15, 0.2) is 24.3 Å². The molecule has 0 aliphatic heterocycles. The van der Waals surface area contributed by atoms with Crippen LogP contribution in [0.2, 0.25) is 0 Å². The molecule has 0 saturated carbocycles. The van der Waals surface area contributed by atoms with Crippen LogP contribution < -0.4 is 0 Å². The van der Waals surface area contributed by atoms with E-state index in [1.165, 1.54) is 0 Å². The van der Waals surface area contributed by atoms with Crippen molar-refractivity contribution in [3.63, 3.8) is 0 Å². The molecule has 86 valence electrons. The Labute approximate surface area is 97.9 Å². The van der Waals surface area contributed by atoms with Crippen molar-refractivity contribution in [3.05, 3.63) is 35.4 Å². The van der Waals surface area contributed by atoms with Gasteiger partial charge in [0, 0.05) is 0 Å². The second-order valence-corrected chi connectivity index (χ2v) is 4.52. The molecule has 0 aromatic heterocycles. The minimum atomic E-state index is 0.242. The van der Waals surface area contributed by atoms with E-state index in [1.807, 2.05) is 24.3 Å². The fourth-order valence-electron chi connectivity index (χ4n) is 1.72. The maximum absolute atomic E-state index is 8.92. The minimum absolute atomic E-state index is 0.242. The van der Waals surface area contributed by atoms with Gasteiger partial charge in [0.1, 0.15) is 0 Å². The van der Waals surface area contributed by atoms with Gasteiger partial charge in [0.05, 0.1) is 24.3 Å². The molecule has 0 amide bonds. The van der Waals surface area contributed by atoms with E-state index in [0.717, 1.165) is 12.0 Å². The van der Waals surface area contributed by atoms with Crippen LogP contribution in [-0.2, 0) is 11.3 Å². The minimum Gasteiger partial charge on any atom is -0.374 e. The first-order valence-corrected chi connectivity index (χ1v) is 5.73. The van der Waals surface area contributed by atoms with Gasteiger partial charge in [0.15, 0.2) is 0 Å². The van der Waals surface area contributed by atoms with Crippen molar-refractivity contribution in [2.24, 2.45) is 5.92 Å². The molecule has 1 unspecified atom stereocenters. The zero-order valence-corrected chi connectivity index (χ0v) is 10.2. The van der Waals surface area contributed by atoms with Gasteiger partial charge in [-0.3, -0.25) is 0 Å². The third-order valence-electron chi connectivity index (χ3n) is 2.46. The summed E-state index contributed by atoms with van der Waals surface area (Å²) < 4.78 is 5.73. The predicted octanol–water partition coefficient (Wildman–Crippen LogP) is 3.51. The van der Waals surface area contributed by atoms with Crippen molar-refractivity contribution in [1.82, 2.24) is 0 Å². The Hall–Kier alpha value is -1.33. The molecule has 0 aliphatic carbocycles. The first-order chi connectivity index (χ1) is 7.63. The summed E-state index contributed by atoms with van der Waals surface area (Å²) in [5, 5.41) is 8.92. The summed E-state index contributed by atoms with van der Waals surface area (Å²) >= 11 is 0. The molecule has 2 heteroatoms. The van der Waals surface area contributed by atoms with Crippen molar-refractivity contribution in [2.45, 2.75) is 39.9 Å². The second kappa shape index (κ2) is 6.30. The average molecular weight is 217 g/mol. The summed E-state index contributed by atoms with van der Waals surface area (Å²) in [5.74, 6) is 0.640. The van der Waals surface area contributed by atoms with Crippen LogP contribution >= 0.6 is 0 Å². The Balaban J connectivity index is 2.52. The molecule has 1 atom stereocenters. The van der Waals surface area contributed by atoms with Crippen LogP contribution in [0.25, 0.3) is 0 Å². The van der Waals surface area contributed by atoms with E-state index in [-0.39, 0.29) is 6.10 Å². The van der Waals surface area contributed by atoms with Gasteiger partial charge in [-0.25, -0.2) is 0 Å². The van der Waals surface area contributed by atoms with Gasteiger partial charge >= 0.3 is 0 Å². The predicted molar refractivity (Wildman–Crippen MR) is 64.9 cm³/mol. The van der Waals surface area contributed by atoms with Gasteiger partial charge in [-0.05, 0) is 30.9 Å². The molecule has 0 heterocycles. The Morgan fingerprint density at radius 1 is 1.25 bits per heavy atom. The Kier molecular flexibility index (Phi) is 5.01. The van der Waals surface area contributed by atoms with Crippen LogP contribution in [0, 0.1) is 17.2 Å². The number of benzene rings is 1. The Bertz CT molecular complexity index is 365. The molecule has 0 radical (unpaired) electrons. The number of hydrogen-bond acceptors (Lipinski definition) is 2. The highest BCUT2D eigenvalue weighted by Crippen LogP contribution is 2.13. The van der Waals surface area contributed by atoms with E-state index in [1.54, 1.807) is 0 Å². The van der Waals surface area contributed by atoms with E-state index < -0.39 is 0 Å². The highest BCUT2D eigenvalue weighted by molar-refractivity contribution is 5.36. The zero-order valence-electron chi connectivity index (χ0n) is 10.2. The molecular formula is C14H19NO. The SMILES string of the molecule is CC(C)CC(C)OCc1ccccc1C#N. The van der Waals surface area contributed by atoms with E-state index in [9.17, 15) is 0 Å². The lowest BCUT2D eigenvalue weighted by atomic mass is 10.1. The van der Waals surface area contributed by atoms with Crippen molar-refractivity contribution < 1.29 is 4.74 Å². The topological polar surface area (TPSA) is 33.0 Å². The number of nitriles is 1. The van der Waals surface area contributed by atoms with Crippen molar-refractivity contribution >= 4 is 0 Å². The number of ether oxygens (including phenoxy) is 1. The van der Waals surface area contributed by atoms with Gasteiger partial charge in [-0.15, -0.1) is 0 Å². The van der Waals surface area contributed by atoms with Gasteiger partial charge in [-0.2, -0.15) is 5.26 Å². The largest absolute Gasteiger partial charge is 0.374 e. The summed E-state index contributed by atoms with van der Waals surface area (Å²) in [6.45, 7) is 6.97. The molecule has 1 rings (SSSR count). The molecule has 0 N–H and O–H groups in total. The molecule has 1 aromatic carbocycles. The van der Waals surface area contributed by atoms with Gasteiger partial charge in [0.25, 0.3) is 0 Å². The zero-order chi connectivity index (χ0) is 12.0. The summed E-state index contributed by atoms with van der Waals surface area (Å²) in [4.78, 5) is 0. The second-order valence-electron chi connectivity index (χ2n) is 4.52. The molecule has 16 heavy (non-hydrogen) atoms. The fraction of sp³-hybridized carbons (Fsp3) is 0.500. The van der Waals surface area contributed by atoms with Crippen molar-refractivity contribution in [2.75, 3.05) is 0 Å². The molecule has 0 saturated heterocycles. The molecule has 0 aliphatic rings. The van der Waals surface area contributed by atoms with E-state index in [0.29, 0.717) is 18.1 Å². The number of nitrogens with zero attached hydrogens (tertiary/aromatic N) is 1. The Morgan fingerprint density at radius 2 is 1.94 bits per heavy atom. The smallest absolute Gasteiger partial charge is 0.0995 e. The van der Waals surface area contributed by atoms with Crippen molar-refractivity contribution in [3.8, 4) is 6.07 Å². The van der Waals surface area contributed by atoms with Gasteiger partial charge in [-0.1, -0.05) is 32.0 Å². The summed E-state index contributed by atoms with van der Waals surface area (Å²) in [6.07, 6.45) is 1.29. The van der Waals surface area contributed by atoms with Crippen LogP contribution in [0.5, 0.6) is 0 Å². The van der Waals surface area contributed by atoms with Crippen LogP contribution in [0.3, 0.4) is 0 Å². The maximum Gasteiger partial charge on any atom is 0.0995 e. The monoisotopic (exact) mass is 217 g/mol. The molecule has 2 nitrogen and oxygen atoms in total. The molecule has 0 spiro atoms. The molecular weight excluding hydrogens is 198 g/mol. The number of hydrogen-bond donors (Lipinski definition) is 0. The quantitative estimate of drug-likeness (QED) is 0.756. The average Bonchev–Trinajstić information content (AvgIpc) is 2.26. The first-order valence-electron chi connectivity index (χ1n) is 5.73. The third kappa shape index (κ3) is 4.04. The van der Waals surface area contributed by atoms with Crippen molar-refractivity contribution in [1.29, 1.82) is 5.26 Å². The maximum atomic E-state index is 8.92. The molecule has 1 aromatic rings. The summed E-state index contributed by atoms with van der Waals surface area (Å²) in [6, 6.07) is 9.76. The lowest BCUT2D eigenvalue weighted by molar-refractivity contribution is 0.0396. The third-order valence-corrected chi connectivity index (χ3v) is 2.46. The highest BCUT2D eigenvalue weighted by Gasteiger charge is 2.07. The molecule has 0 fully saturated rings. The standard InChI is InChI=1S/C14H19NO/c1-11(2)8-12(3)16-10-14-7-5-4-6-13(14)9-15/h4-7,11-12H,8,10H2,1-3H3. The van der Waals surface area contributed by atoms with Crippen LogP contribution in [-0.4, -0.2) is 6.10 Å². The first kappa shape index (κ1) is 12.7. The lowest BCUT2D eigenvalue weighted by Crippen LogP contribution is -2.11. The lowest BCUT2D eigenvalue weighted by Gasteiger charge is -2.15. The summed E-state index contributed by atoms with van der Waals surface area (Å²) in [5.41, 5.74) is 1.68. The van der Waals surface area contributed by atoms with Crippen LogP contribution in [0.4, 0.5) is 0 Å². The summed E-state index contributed by atoms with van der Waals surface area (Å²) in [7, 11) is 0. The highest BCUT2D eigenvalue weighted by atomic mass is 16.5. The van der Waals surface area contributed by atoms with E-state index in [4.69, 9.17) is 10.00 Å². The Morgan fingerprint density at radius 3 is 2.56 bits per heavy atom. The van der Waals surface area contributed by atoms with E-state index >= 15 is 0 Å².